The second kappa shape index (κ2) is 6.87. The summed E-state index contributed by atoms with van der Waals surface area (Å²) in [6.07, 6.45) is 1.82. The molecule has 1 rings (SSSR count). The van der Waals surface area contributed by atoms with Gasteiger partial charge in [-0.3, -0.25) is 0 Å². The first kappa shape index (κ1) is 15.1. The first-order valence-electron chi connectivity index (χ1n) is 6.24. The first-order chi connectivity index (χ1) is 8.46. The van der Waals surface area contributed by atoms with Gasteiger partial charge in [0.05, 0.1) is 5.75 Å². The molecule has 102 valence electrons. The molecule has 0 aliphatic carbocycles. The molecular formula is C13H22N2O2S. The zero-order chi connectivity index (χ0) is 13.6. The van der Waals surface area contributed by atoms with Gasteiger partial charge in [-0.15, -0.1) is 0 Å². The fourth-order valence-electron chi connectivity index (χ4n) is 1.83. The summed E-state index contributed by atoms with van der Waals surface area (Å²) < 4.78 is 26.5. The average Bonchev–Trinajstić information content (AvgIpc) is 2.29. The van der Waals surface area contributed by atoms with Crippen molar-refractivity contribution in [2.24, 2.45) is 5.73 Å². The van der Waals surface area contributed by atoms with Crippen LogP contribution in [0.2, 0.25) is 0 Å². The van der Waals surface area contributed by atoms with Crippen LogP contribution in [0.3, 0.4) is 0 Å². The fourth-order valence-corrected chi connectivity index (χ4v) is 3.28. The molecule has 1 unspecified atom stereocenters. The Morgan fingerprint density at radius 2 is 1.78 bits per heavy atom. The third kappa shape index (κ3) is 5.16. The number of nitrogens with two attached hydrogens (primary N) is 1. The molecule has 1 atom stereocenters. The van der Waals surface area contributed by atoms with Crippen LogP contribution in [0.5, 0.6) is 0 Å². The maximum absolute atomic E-state index is 11.9. The van der Waals surface area contributed by atoms with Gasteiger partial charge in [0.2, 0.25) is 10.0 Å². The zero-order valence-electron chi connectivity index (χ0n) is 11.0. The zero-order valence-corrected chi connectivity index (χ0v) is 11.8. The molecule has 1 aromatic carbocycles. The smallest absolute Gasteiger partial charge is 0.216 e. The van der Waals surface area contributed by atoms with Gasteiger partial charge in [0.15, 0.2) is 0 Å². The minimum absolute atomic E-state index is 0.0108. The number of benzene rings is 1. The highest BCUT2D eigenvalue weighted by Gasteiger charge is 2.14. The van der Waals surface area contributed by atoms with E-state index in [0.29, 0.717) is 6.54 Å². The van der Waals surface area contributed by atoms with Crippen LogP contribution in [-0.4, -0.2) is 14.5 Å². The molecule has 0 amide bonds. The quantitative estimate of drug-likeness (QED) is 0.793. The van der Waals surface area contributed by atoms with Gasteiger partial charge in [-0.1, -0.05) is 37.6 Å². The highest BCUT2D eigenvalue weighted by Crippen LogP contribution is 2.08. The lowest BCUT2D eigenvalue weighted by molar-refractivity contribution is 0.543. The first-order valence-corrected chi connectivity index (χ1v) is 7.90. The summed E-state index contributed by atoms with van der Waals surface area (Å²) in [4.78, 5) is 0. The van der Waals surface area contributed by atoms with Crippen LogP contribution in [-0.2, 0) is 22.3 Å². The predicted octanol–water partition coefficient (Wildman–Crippen LogP) is 1.75. The SMILES string of the molecule is CCCC(C)NS(=O)(=O)Cc1ccc(CN)cc1. The highest BCUT2D eigenvalue weighted by atomic mass is 32.2. The van der Waals surface area contributed by atoms with Crippen molar-refractivity contribution in [2.75, 3.05) is 0 Å². The van der Waals surface area contributed by atoms with E-state index in [4.69, 9.17) is 5.73 Å². The maximum atomic E-state index is 11.9. The monoisotopic (exact) mass is 270 g/mol. The Labute approximate surface area is 110 Å². The minimum Gasteiger partial charge on any atom is -0.326 e. The predicted molar refractivity (Wildman–Crippen MR) is 74.5 cm³/mol. The molecule has 0 aliphatic rings. The average molecular weight is 270 g/mol. The Bertz CT molecular complexity index is 454. The molecule has 0 heterocycles. The molecule has 5 heteroatoms. The van der Waals surface area contributed by atoms with Crippen molar-refractivity contribution in [1.82, 2.24) is 4.72 Å². The van der Waals surface area contributed by atoms with E-state index in [2.05, 4.69) is 4.72 Å². The molecule has 0 aromatic heterocycles. The van der Waals surface area contributed by atoms with Crippen molar-refractivity contribution in [2.45, 2.75) is 45.0 Å². The van der Waals surface area contributed by atoms with E-state index < -0.39 is 10.0 Å². The summed E-state index contributed by atoms with van der Waals surface area (Å²) >= 11 is 0. The standard InChI is InChI=1S/C13H22N2O2S/c1-3-4-11(2)15-18(16,17)10-13-7-5-12(9-14)6-8-13/h5-8,11,15H,3-4,9-10,14H2,1-2H3. The third-order valence-electron chi connectivity index (χ3n) is 2.72. The van der Waals surface area contributed by atoms with Crippen molar-refractivity contribution in [1.29, 1.82) is 0 Å². The molecule has 0 saturated heterocycles. The Hall–Kier alpha value is -0.910. The minimum atomic E-state index is -3.26. The summed E-state index contributed by atoms with van der Waals surface area (Å²) in [5.41, 5.74) is 7.28. The lowest BCUT2D eigenvalue weighted by atomic mass is 10.1. The van der Waals surface area contributed by atoms with E-state index in [1.165, 1.54) is 0 Å². The lowest BCUT2D eigenvalue weighted by Gasteiger charge is -2.13. The number of hydrogen-bond acceptors (Lipinski definition) is 3. The van der Waals surface area contributed by atoms with Gasteiger partial charge in [-0.25, -0.2) is 13.1 Å². The maximum Gasteiger partial charge on any atom is 0.216 e. The van der Waals surface area contributed by atoms with E-state index >= 15 is 0 Å². The summed E-state index contributed by atoms with van der Waals surface area (Å²) in [7, 11) is -3.26. The van der Waals surface area contributed by atoms with Gasteiger partial charge in [-0.05, 0) is 24.5 Å². The van der Waals surface area contributed by atoms with Crippen molar-refractivity contribution >= 4 is 10.0 Å². The van der Waals surface area contributed by atoms with Gasteiger partial charge in [0.1, 0.15) is 0 Å². The second-order valence-corrected chi connectivity index (χ2v) is 6.34. The van der Waals surface area contributed by atoms with Gasteiger partial charge in [0.25, 0.3) is 0 Å². The summed E-state index contributed by atoms with van der Waals surface area (Å²) in [5.74, 6) is 0.0197. The van der Waals surface area contributed by atoms with Crippen molar-refractivity contribution in [3.63, 3.8) is 0 Å². The molecule has 3 N–H and O–H groups in total. The van der Waals surface area contributed by atoms with E-state index in [-0.39, 0.29) is 11.8 Å². The topological polar surface area (TPSA) is 72.2 Å². The van der Waals surface area contributed by atoms with E-state index in [9.17, 15) is 8.42 Å². The van der Waals surface area contributed by atoms with Crippen LogP contribution in [0.15, 0.2) is 24.3 Å². The largest absolute Gasteiger partial charge is 0.326 e. The molecule has 4 nitrogen and oxygen atoms in total. The van der Waals surface area contributed by atoms with Crippen molar-refractivity contribution in [3.05, 3.63) is 35.4 Å². The van der Waals surface area contributed by atoms with Crippen molar-refractivity contribution < 1.29 is 8.42 Å². The third-order valence-corrected chi connectivity index (χ3v) is 4.19. The Morgan fingerprint density at radius 3 is 2.28 bits per heavy atom. The number of rotatable bonds is 7. The molecular weight excluding hydrogens is 248 g/mol. The molecule has 0 bridgehead atoms. The summed E-state index contributed by atoms with van der Waals surface area (Å²) in [6.45, 7) is 4.40. The lowest BCUT2D eigenvalue weighted by Crippen LogP contribution is -2.33. The summed E-state index contributed by atoms with van der Waals surface area (Å²) in [5, 5.41) is 0. The number of nitrogens with one attached hydrogen (secondary N) is 1. The van der Waals surface area contributed by atoms with Crippen LogP contribution in [0, 0.1) is 0 Å². The van der Waals surface area contributed by atoms with Crippen LogP contribution in [0.25, 0.3) is 0 Å². The van der Waals surface area contributed by atoms with Gasteiger partial charge in [0, 0.05) is 12.6 Å². The normalized spacial score (nSPS) is 13.5. The second-order valence-electron chi connectivity index (χ2n) is 4.59. The van der Waals surface area contributed by atoms with E-state index in [0.717, 1.165) is 24.0 Å². The molecule has 18 heavy (non-hydrogen) atoms. The Morgan fingerprint density at radius 1 is 1.22 bits per heavy atom. The summed E-state index contributed by atoms with van der Waals surface area (Å²) in [6, 6.07) is 7.33. The van der Waals surface area contributed by atoms with E-state index in [1.807, 2.05) is 38.1 Å². The molecule has 0 aliphatic heterocycles. The van der Waals surface area contributed by atoms with Crippen LogP contribution >= 0.6 is 0 Å². The molecule has 0 spiro atoms. The Balaban J connectivity index is 2.64. The Kier molecular flexibility index (Phi) is 5.78. The van der Waals surface area contributed by atoms with Gasteiger partial charge < -0.3 is 5.73 Å². The fraction of sp³-hybridized carbons (Fsp3) is 0.538. The number of sulfonamides is 1. The van der Waals surface area contributed by atoms with Crippen LogP contribution < -0.4 is 10.5 Å². The molecule has 1 aromatic rings. The highest BCUT2D eigenvalue weighted by molar-refractivity contribution is 7.88. The van der Waals surface area contributed by atoms with E-state index in [1.54, 1.807) is 0 Å². The molecule has 0 saturated carbocycles. The van der Waals surface area contributed by atoms with Gasteiger partial charge >= 0.3 is 0 Å². The van der Waals surface area contributed by atoms with Crippen molar-refractivity contribution in [3.8, 4) is 0 Å². The molecule has 0 fully saturated rings. The number of hydrogen-bond donors (Lipinski definition) is 2. The van der Waals surface area contributed by atoms with Crippen LogP contribution in [0.1, 0.15) is 37.8 Å². The molecule has 0 radical (unpaired) electrons. The van der Waals surface area contributed by atoms with Gasteiger partial charge in [-0.2, -0.15) is 0 Å². The van der Waals surface area contributed by atoms with Crippen LogP contribution in [0.4, 0.5) is 0 Å².